The lowest BCUT2D eigenvalue weighted by Crippen LogP contribution is -2.10. The molecule has 0 aliphatic heterocycles. The number of hydrogen-bond acceptors (Lipinski definition) is 2. The quantitative estimate of drug-likeness (QED) is 0.847. The predicted octanol–water partition coefficient (Wildman–Crippen LogP) is 3.54. The zero-order chi connectivity index (χ0) is 11.4. The minimum Gasteiger partial charge on any atom is -0.391 e. The number of rotatable bonds is 4. The van der Waals surface area contributed by atoms with Crippen molar-refractivity contribution in [2.45, 2.75) is 19.6 Å². The van der Waals surface area contributed by atoms with Crippen molar-refractivity contribution < 1.29 is 9.84 Å². The summed E-state index contributed by atoms with van der Waals surface area (Å²) in [5.41, 5.74) is 0.645. The summed E-state index contributed by atoms with van der Waals surface area (Å²) in [5.74, 6) is 0. The van der Waals surface area contributed by atoms with Gasteiger partial charge < -0.3 is 9.84 Å². The van der Waals surface area contributed by atoms with Gasteiger partial charge in [-0.3, -0.25) is 0 Å². The fraction of sp³-hybridized carbons (Fsp3) is 0.400. The molecule has 1 N–H and O–H groups in total. The molecule has 5 heteroatoms. The first-order chi connectivity index (χ1) is 7.02. The van der Waals surface area contributed by atoms with Crippen LogP contribution in [-0.2, 0) is 11.3 Å². The van der Waals surface area contributed by atoms with Gasteiger partial charge in [0, 0.05) is 10.6 Å². The van der Waals surface area contributed by atoms with E-state index in [1.54, 1.807) is 19.1 Å². The zero-order valence-electron chi connectivity index (χ0n) is 8.14. The van der Waals surface area contributed by atoms with Crippen molar-refractivity contribution in [2.75, 3.05) is 6.61 Å². The van der Waals surface area contributed by atoms with Crippen LogP contribution in [0.25, 0.3) is 0 Å². The van der Waals surface area contributed by atoms with E-state index in [9.17, 15) is 0 Å². The Kier molecular flexibility index (Phi) is 5.16. The summed E-state index contributed by atoms with van der Waals surface area (Å²) in [6.07, 6.45) is -0.512. The van der Waals surface area contributed by atoms with Gasteiger partial charge in [0.15, 0.2) is 0 Å². The van der Waals surface area contributed by atoms with Crippen LogP contribution in [0.4, 0.5) is 0 Å². The first-order valence-electron chi connectivity index (χ1n) is 4.40. The second kappa shape index (κ2) is 5.92. The van der Waals surface area contributed by atoms with Gasteiger partial charge in [-0.05, 0) is 19.1 Å². The summed E-state index contributed by atoms with van der Waals surface area (Å²) in [4.78, 5) is 0. The van der Waals surface area contributed by atoms with Gasteiger partial charge in [0.2, 0.25) is 0 Å². The molecule has 0 radical (unpaired) electrons. The normalized spacial score (nSPS) is 12.9. The third-order valence-corrected chi connectivity index (χ3v) is 2.94. The molecule has 1 unspecified atom stereocenters. The van der Waals surface area contributed by atoms with E-state index >= 15 is 0 Å². The molecule has 84 valence electrons. The SMILES string of the molecule is CC(O)COCc1c(Cl)ccc(Cl)c1Cl. The lowest BCUT2D eigenvalue weighted by atomic mass is 10.2. The fourth-order valence-electron chi connectivity index (χ4n) is 1.03. The van der Waals surface area contributed by atoms with E-state index < -0.39 is 6.10 Å². The molecule has 0 spiro atoms. The Morgan fingerprint density at radius 2 is 1.87 bits per heavy atom. The first-order valence-corrected chi connectivity index (χ1v) is 5.54. The molecular weight excluding hydrogens is 258 g/mol. The third kappa shape index (κ3) is 3.82. The minimum atomic E-state index is -0.512. The second-order valence-electron chi connectivity index (χ2n) is 3.19. The maximum atomic E-state index is 9.01. The summed E-state index contributed by atoms with van der Waals surface area (Å²) in [6, 6.07) is 3.29. The summed E-state index contributed by atoms with van der Waals surface area (Å²) in [5, 5.41) is 10.4. The van der Waals surface area contributed by atoms with Crippen LogP contribution in [0.5, 0.6) is 0 Å². The zero-order valence-corrected chi connectivity index (χ0v) is 10.4. The number of halogens is 3. The van der Waals surface area contributed by atoms with E-state index in [0.29, 0.717) is 20.6 Å². The highest BCUT2D eigenvalue weighted by atomic mass is 35.5. The van der Waals surface area contributed by atoms with Crippen molar-refractivity contribution in [2.24, 2.45) is 0 Å². The van der Waals surface area contributed by atoms with Gasteiger partial charge in [0.1, 0.15) is 0 Å². The van der Waals surface area contributed by atoms with Crippen molar-refractivity contribution in [1.82, 2.24) is 0 Å². The predicted molar refractivity (Wildman–Crippen MR) is 62.8 cm³/mol. The number of aliphatic hydroxyl groups is 1. The maximum absolute atomic E-state index is 9.01. The molecule has 0 heterocycles. The molecule has 1 aromatic carbocycles. The van der Waals surface area contributed by atoms with E-state index in [-0.39, 0.29) is 13.2 Å². The minimum absolute atomic E-state index is 0.235. The highest BCUT2D eigenvalue weighted by Crippen LogP contribution is 2.31. The molecule has 0 bridgehead atoms. The molecule has 1 atom stereocenters. The van der Waals surface area contributed by atoms with Crippen molar-refractivity contribution in [1.29, 1.82) is 0 Å². The average Bonchev–Trinajstić information content (AvgIpc) is 2.17. The number of ether oxygens (including phenoxy) is 1. The van der Waals surface area contributed by atoms with Crippen LogP contribution in [0, 0.1) is 0 Å². The number of benzene rings is 1. The molecule has 0 aliphatic rings. The Morgan fingerprint density at radius 3 is 2.47 bits per heavy atom. The summed E-state index contributed by atoms with van der Waals surface area (Å²) < 4.78 is 5.22. The Hall–Kier alpha value is 0.01000. The molecule has 0 fully saturated rings. The number of aliphatic hydroxyl groups excluding tert-OH is 1. The van der Waals surface area contributed by atoms with E-state index in [1.807, 2.05) is 0 Å². The monoisotopic (exact) mass is 268 g/mol. The topological polar surface area (TPSA) is 29.5 Å². The van der Waals surface area contributed by atoms with Crippen LogP contribution in [-0.4, -0.2) is 17.8 Å². The molecule has 0 aliphatic carbocycles. The van der Waals surface area contributed by atoms with Crippen molar-refractivity contribution in [3.05, 3.63) is 32.8 Å². The van der Waals surface area contributed by atoms with Gasteiger partial charge in [-0.2, -0.15) is 0 Å². The van der Waals surface area contributed by atoms with Gasteiger partial charge in [-0.15, -0.1) is 0 Å². The Balaban J connectivity index is 2.71. The van der Waals surface area contributed by atoms with E-state index in [4.69, 9.17) is 44.6 Å². The lowest BCUT2D eigenvalue weighted by Gasteiger charge is -2.10. The van der Waals surface area contributed by atoms with Gasteiger partial charge in [0.25, 0.3) is 0 Å². The van der Waals surface area contributed by atoms with Crippen LogP contribution in [0.15, 0.2) is 12.1 Å². The standard InChI is InChI=1S/C10H11Cl3O2/c1-6(14)4-15-5-7-8(11)2-3-9(12)10(7)13/h2-3,6,14H,4-5H2,1H3. The summed E-state index contributed by atoms with van der Waals surface area (Å²) >= 11 is 17.7. The van der Waals surface area contributed by atoms with Gasteiger partial charge in [0.05, 0.1) is 29.4 Å². The van der Waals surface area contributed by atoms with Crippen LogP contribution in [0.2, 0.25) is 15.1 Å². The molecule has 15 heavy (non-hydrogen) atoms. The van der Waals surface area contributed by atoms with Crippen molar-refractivity contribution in [3.8, 4) is 0 Å². The Bertz CT molecular complexity index is 340. The number of hydrogen-bond donors (Lipinski definition) is 1. The molecule has 1 rings (SSSR count). The fourth-order valence-corrected chi connectivity index (χ4v) is 1.69. The third-order valence-electron chi connectivity index (χ3n) is 1.74. The maximum Gasteiger partial charge on any atom is 0.0747 e. The molecule has 0 aromatic heterocycles. The summed E-state index contributed by atoms with van der Waals surface area (Å²) in [7, 11) is 0. The van der Waals surface area contributed by atoms with Crippen LogP contribution in [0.1, 0.15) is 12.5 Å². The largest absolute Gasteiger partial charge is 0.391 e. The van der Waals surface area contributed by atoms with Crippen LogP contribution >= 0.6 is 34.8 Å². The lowest BCUT2D eigenvalue weighted by molar-refractivity contribution is 0.0376. The van der Waals surface area contributed by atoms with E-state index in [2.05, 4.69) is 0 Å². The van der Waals surface area contributed by atoms with Crippen molar-refractivity contribution >= 4 is 34.8 Å². The Morgan fingerprint density at radius 1 is 1.27 bits per heavy atom. The van der Waals surface area contributed by atoms with Crippen LogP contribution < -0.4 is 0 Å². The summed E-state index contributed by atoms with van der Waals surface area (Å²) in [6.45, 7) is 2.11. The highest BCUT2D eigenvalue weighted by molar-refractivity contribution is 6.44. The molecule has 0 saturated heterocycles. The van der Waals surface area contributed by atoms with Crippen molar-refractivity contribution in [3.63, 3.8) is 0 Å². The highest BCUT2D eigenvalue weighted by Gasteiger charge is 2.09. The van der Waals surface area contributed by atoms with Gasteiger partial charge in [-0.25, -0.2) is 0 Å². The molecule has 1 aromatic rings. The molecule has 2 nitrogen and oxygen atoms in total. The second-order valence-corrected chi connectivity index (χ2v) is 4.38. The van der Waals surface area contributed by atoms with E-state index in [1.165, 1.54) is 0 Å². The van der Waals surface area contributed by atoms with Crippen LogP contribution in [0.3, 0.4) is 0 Å². The van der Waals surface area contributed by atoms with Gasteiger partial charge >= 0.3 is 0 Å². The van der Waals surface area contributed by atoms with E-state index in [0.717, 1.165) is 0 Å². The average molecular weight is 270 g/mol. The molecule has 0 amide bonds. The Labute approximate surface area is 104 Å². The van der Waals surface area contributed by atoms with Gasteiger partial charge in [-0.1, -0.05) is 34.8 Å². The first kappa shape index (κ1) is 13.1. The smallest absolute Gasteiger partial charge is 0.0747 e. The molecular formula is C10H11Cl3O2. The molecule has 0 saturated carbocycles.